The zero-order valence-corrected chi connectivity index (χ0v) is 16.8. The van der Waals surface area contributed by atoms with E-state index in [1.807, 2.05) is 0 Å². The van der Waals surface area contributed by atoms with Gasteiger partial charge in [-0.1, -0.05) is 43.7 Å². The number of unbranched alkanes of at least 4 members (excludes halogenated alkanes) is 1. The van der Waals surface area contributed by atoms with Crippen LogP contribution in [0.25, 0.3) is 0 Å². The summed E-state index contributed by atoms with van der Waals surface area (Å²) in [6.45, 7) is 5.55. The Kier molecular flexibility index (Phi) is 4.21. The molecule has 0 amide bonds. The second-order valence-corrected chi connectivity index (χ2v) is 8.48. The van der Waals surface area contributed by atoms with Crippen LogP contribution in [0.3, 0.4) is 0 Å². The molecular weight excluding hydrogens is 346 g/mol. The van der Waals surface area contributed by atoms with Crippen LogP contribution in [-0.2, 0) is 16.0 Å². The largest absolute Gasteiger partial charge is 0.445 e. The van der Waals surface area contributed by atoms with Crippen molar-refractivity contribution in [3.8, 4) is 11.8 Å². The molecule has 0 N–H and O–H groups in total. The van der Waals surface area contributed by atoms with Crippen LogP contribution in [0.2, 0.25) is 0 Å². The summed E-state index contributed by atoms with van der Waals surface area (Å²) in [6, 6.07) is 9.19. The fraction of sp³-hybridized carbons (Fsp3) is 0.480. The minimum absolute atomic E-state index is 0.204. The normalized spacial score (nSPS) is 30.5. The van der Waals surface area contributed by atoms with Gasteiger partial charge in [-0.15, -0.1) is 0 Å². The molecule has 1 aliphatic carbocycles. The second kappa shape index (κ2) is 6.64. The Morgan fingerprint density at radius 2 is 2.04 bits per heavy atom. The predicted octanol–water partition coefficient (Wildman–Crippen LogP) is 4.17. The van der Waals surface area contributed by atoms with Gasteiger partial charge in [0, 0.05) is 34.4 Å². The smallest absolute Gasteiger partial charge is 0.332 e. The highest BCUT2D eigenvalue weighted by molar-refractivity contribution is 5.94. The number of rotatable bonds is 3. The highest BCUT2D eigenvalue weighted by Crippen LogP contribution is 2.61. The summed E-state index contributed by atoms with van der Waals surface area (Å²) in [5.74, 6) is 6.53. The van der Waals surface area contributed by atoms with Crippen molar-refractivity contribution >= 4 is 5.97 Å². The van der Waals surface area contributed by atoms with E-state index in [0.717, 1.165) is 36.1 Å². The van der Waals surface area contributed by atoms with Gasteiger partial charge in [-0.05, 0) is 56.8 Å². The molecule has 3 atom stereocenters. The first-order valence-electron chi connectivity index (χ1n) is 10.7. The van der Waals surface area contributed by atoms with E-state index < -0.39 is 5.60 Å². The van der Waals surface area contributed by atoms with Gasteiger partial charge < -0.3 is 4.74 Å². The van der Waals surface area contributed by atoms with E-state index in [4.69, 9.17) is 4.74 Å². The molecule has 3 heteroatoms. The summed E-state index contributed by atoms with van der Waals surface area (Å²) in [5, 5.41) is 0. The Morgan fingerprint density at radius 3 is 2.82 bits per heavy atom. The van der Waals surface area contributed by atoms with Crippen LogP contribution >= 0.6 is 0 Å². The van der Waals surface area contributed by atoms with Crippen molar-refractivity contribution in [1.29, 1.82) is 0 Å². The molecule has 4 aliphatic rings. The van der Waals surface area contributed by atoms with Gasteiger partial charge in [0.15, 0.2) is 5.60 Å². The van der Waals surface area contributed by atoms with E-state index in [-0.39, 0.29) is 5.97 Å². The molecule has 1 spiro atoms. The first-order valence-corrected chi connectivity index (χ1v) is 10.7. The highest BCUT2D eigenvalue weighted by atomic mass is 16.6. The van der Waals surface area contributed by atoms with Crippen LogP contribution in [0.4, 0.5) is 0 Å². The maximum Gasteiger partial charge on any atom is 0.332 e. The number of piperidine rings is 1. The molecule has 5 rings (SSSR count). The molecular formula is C25H27NO2. The van der Waals surface area contributed by atoms with Crippen molar-refractivity contribution in [3.63, 3.8) is 0 Å². The third-order valence-corrected chi connectivity index (χ3v) is 6.90. The van der Waals surface area contributed by atoms with Crippen LogP contribution in [0.1, 0.15) is 57.1 Å². The molecule has 0 bridgehead atoms. The van der Waals surface area contributed by atoms with Gasteiger partial charge in [0.1, 0.15) is 0 Å². The number of ether oxygens (including phenoxy) is 1. The molecule has 1 unspecified atom stereocenters. The van der Waals surface area contributed by atoms with Crippen molar-refractivity contribution < 1.29 is 9.53 Å². The highest BCUT2D eigenvalue weighted by Gasteiger charge is 2.68. The van der Waals surface area contributed by atoms with E-state index in [9.17, 15) is 4.79 Å². The number of fused-ring (bicyclic) bond motifs is 1. The average molecular weight is 373 g/mol. The lowest BCUT2D eigenvalue weighted by Crippen LogP contribution is -2.52. The molecule has 3 aliphatic heterocycles. The quantitative estimate of drug-likeness (QED) is 0.588. The van der Waals surface area contributed by atoms with Gasteiger partial charge in [0.05, 0.1) is 6.04 Å². The average Bonchev–Trinajstić information content (AvgIpc) is 3.11. The zero-order valence-electron chi connectivity index (χ0n) is 16.8. The first-order chi connectivity index (χ1) is 13.6. The Balaban J connectivity index is 1.47. The third kappa shape index (κ3) is 2.44. The molecule has 0 radical (unpaired) electrons. The van der Waals surface area contributed by atoms with E-state index in [0.29, 0.717) is 12.1 Å². The predicted molar refractivity (Wildman–Crippen MR) is 110 cm³/mol. The maximum absolute atomic E-state index is 12.2. The number of carbonyl (C=O) groups is 1. The fourth-order valence-electron chi connectivity index (χ4n) is 5.57. The van der Waals surface area contributed by atoms with Gasteiger partial charge >= 0.3 is 5.97 Å². The summed E-state index contributed by atoms with van der Waals surface area (Å²) in [5.41, 5.74) is 5.22. The van der Waals surface area contributed by atoms with Gasteiger partial charge in [0.2, 0.25) is 0 Å². The van der Waals surface area contributed by atoms with Crippen molar-refractivity contribution in [2.24, 2.45) is 0 Å². The zero-order chi connectivity index (χ0) is 19.3. The lowest BCUT2D eigenvalue weighted by atomic mass is 9.65. The molecule has 0 saturated carbocycles. The number of carbonyl (C=O) groups excluding carboxylic acids is 1. The molecule has 3 nitrogen and oxygen atoms in total. The standard InChI is InChI=1S/C25H27NO2/c1-3-4-7-18-9-11-19(12-10-18)13-14-20-21-16-23(27)28-25(21)22-8-5-6-15-26(22)17(2)24(20)25/h9-12,16-17,22H,3-8,15H2,1-2H3/t17-,22?,25-/m0/s1. The van der Waals surface area contributed by atoms with Crippen molar-refractivity contribution in [3.05, 3.63) is 58.2 Å². The Bertz CT molecular complexity index is 943. The number of benzene rings is 1. The van der Waals surface area contributed by atoms with Crippen LogP contribution in [-0.4, -0.2) is 35.1 Å². The Hall–Kier alpha value is -2.31. The monoisotopic (exact) mass is 373 g/mol. The van der Waals surface area contributed by atoms with E-state index >= 15 is 0 Å². The fourth-order valence-corrected chi connectivity index (χ4v) is 5.57. The number of aryl methyl sites for hydroxylation is 1. The summed E-state index contributed by atoms with van der Waals surface area (Å²) in [6.07, 6.45) is 8.78. The summed E-state index contributed by atoms with van der Waals surface area (Å²) < 4.78 is 5.95. The minimum atomic E-state index is -0.495. The van der Waals surface area contributed by atoms with Crippen LogP contribution < -0.4 is 0 Å². The molecule has 2 saturated heterocycles. The Morgan fingerprint density at radius 1 is 1.21 bits per heavy atom. The number of hydrogen-bond donors (Lipinski definition) is 0. The topological polar surface area (TPSA) is 29.5 Å². The van der Waals surface area contributed by atoms with Crippen LogP contribution in [0.5, 0.6) is 0 Å². The third-order valence-electron chi connectivity index (χ3n) is 6.90. The molecule has 1 aromatic carbocycles. The summed E-state index contributed by atoms with van der Waals surface area (Å²) >= 11 is 0. The molecule has 3 heterocycles. The van der Waals surface area contributed by atoms with Crippen LogP contribution in [0, 0.1) is 11.8 Å². The Labute approximate surface area is 167 Å². The minimum Gasteiger partial charge on any atom is -0.445 e. The lowest BCUT2D eigenvalue weighted by molar-refractivity contribution is -0.146. The maximum atomic E-state index is 12.2. The van der Waals surface area contributed by atoms with Crippen molar-refractivity contribution in [1.82, 2.24) is 4.90 Å². The summed E-state index contributed by atoms with van der Waals surface area (Å²) in [7, 11) is 0. The number of hydrogen-bond acceptors (Lipinski definition) is 3. The van der Waals surface area contributed by atoms with Gasteiger partial charge in [-0.3, -0.25) is 4.90 Å². The van der Waals surface area contributed by atoms with Gasteiger partial charge in [0.25, 0.3) is 0 Å². The molecule has 0 aromatic heterocycles. The van der Waals surface area contributed by atoms with E-state index in [1.54, 1.807) is 6.08 Å². The van der Waals surface area contributed by atoms with Gasteiger partial charge in [-0.2, -0.15) is 0 Å². The summed E-state index contributed by atoms with van der Waals surface area (Å²) in [4.78, 5) is 14.7. The lowest BCUT2D eigenvalue weighted by Gasteiger charge is -2.43. The first kappa shape index (κ1) is 17.8. The van der Waals surface area contributed by atoms with Crippen molar-refractivity contribution in [2.45, 2.75) is 70.1 Å². The van der Waals surface area contributed by atoms with E-state index in [1.165, 1.54) is 36.8 Å². The van der Waals surface area contributed by atoms with E-state index in [2.05, 4.69) is 54.9 Å². The van der Waals surface area contributed by atoms with Crippen LogP contribution in [0.15, 0.2) is 47.1 Å². The molecule has 144 valence electrons. The molecule has 2 fully saturated rings. The number of esters is 1. The second-order valence-electron chi connectivity index (χ2n) is 8.48. The van der Waals surface area contributed by atoms with Gasteiger partial charge in [-0.25, -0.2) is 4.79 Å². The number of nitrogens with zero attached hydrogens (tertiary/aromatic N) is 1. The molecule has 28 heavy (non-hydrogen) atoms. The SMILES string of the molecule is CCCCc1ccc(C#CC2=C3[C@H](C)N4CCCCC4[C@]34OC(=O)C=C24)cc1. The van der Waals surface area contributed by atoms with Crippen molar-refractivity contribution in [2.75, 3.05) is 6.54 Å². The molecule has 1 aromatic rings.